The van der Waals surface area contributed by atoms with Crippen LogP contribution in [0.15, 0.2) is 24.4 Å². The number of hydrogen-bond acceptors (Lipinski definition) is 8. The maximum atomic E-state index is 13.3. The fourth-order valence-corrected chi connectivity index (χ4v) is 4.82. The minimum Gasteiger partial charge on any atom is -0.479 e. The summed E-state index contributed by atoms with van der Waals surface area (Å²) in [6.07, 6.45) is 4.37. The van der Waals surface area contributed by atoms with Crippen molar-refractivity contribution < 1.29 is 14.3 Å². The molecular weight excluding hydrogens is 494 g/mol. The Bertz CT molecular complexity index is 1450. The molecule has 0 aliphatic carbocycles. The number of fused-ring (bicyclic) bond motifs is 2. The third-order valence-corrected chi connectivity index (χ3v) is 6.84. The van der Waals surface area contributed by atoms with Gasteiger partial charge in [0.25, 0.3) is 5.91 Å². The first kappa shape index (κ1) is 25.2. The van der Waals surface area contributed by atoms with Gasteiger partial charge in [-0.15, -0.1) is 0 Å². The van der Waals surface area contributed by atoms with Crippen LogP contribution in [-0.4, -0.2) is 57.0 Å². The average molecular weight is 524 g/mol. The second-order valence-electron chi connectivity index (χ2n) is 8.89. The number of carbonyl (C=O) groups excluding carboxylic acids is 1. The van der Waals surface area contributed by atoms with E-state index < -0.39 is 0 Å². The maximum absolute atomic E-state index is 13.3. The summed E-state index contributed by atoms with van der Waals surface area (Å²) in [5, 5.41) is 12.8. The van der Waals surface area contributed by atoms with Gasteiger partial charge in [0.1, 0.15) is 0 Å². The molecule has 0 atom stereocenters. The summed E-state index contributed by atoms with van der Waals surface area (Å²) in [5.41, 5.74) is 4.86. The molecule has 194 valence electrons. The van der Waals surface area contributed by atoms with Crippen LogP contribution in [0, 0.1) is 0 Å². The van der Waals surface area contributed by atoms with Crippen LogP contribution >= 0.6 is 11.6 Å². The van der Waals surface area contributed by atoms with E-state index in [1.54, 1.807) is 18.2 Å². The molecule has 5 rings (SSSR count). The lowest BCUT2D eigenvalue weighted by molar-refractivity contribution is 0.0904. The summed E-state index contributed by atoms with van der Waals surface area (Å²) < 4.78 is 12.8. The standard InChI is InChI=1S/C26H30ClN7O3/c1-4-19-17(13-28-25(35)23-26(36-3)33-21-12-15(27)6-7-20(21)31-23)22(30-16-8-10-37-11-9-16)18-14-29-34(5-2)24(18)32-19/h6-7,12,14,16H,4-5,8-11,13H2,1-3H3,(H,28,35)(H,30,32). The van der Waals surface area contributed by atoms with Crippen molar-refractivity contribution in [3.63, 3.8) is 0 Å². The molecule has 1 saturated heterocycles. The third-order valence-electron chi connectivity index (χ3n) is 6.60. The van der Waals surface area contributed by atoms with Crippen molar-refractivity contribution in [1.82, 2.24) is 30.0 Å². The van der Waals surface area contributed by atoms with E-state index in [0.717, 1.165) is 60.6 Å². The number of hydrogen-bond donors (Lipinski definition) is 2. The number of aryl methyl sites for hydroxylation is 2. The lowest BCUT2D eigenvalue weighted by Crippen LogP contribution is -2.30. The fourth-order valence-electron chi connectivity index (χ4n) is 4.65. The second kappa shape index (κ2) is 10.9. The molecule has 2 N–H and O–H groups in total. The van der Waals surface area contributed by atoms with Crippen LogP contribution < -0.4 is 15.4 Å². The highest BCUT2D eigenvalue weighted by Crippen LogP contribution is 2.31. The molecular formula is C26H30ClN7O3. The zero-order valence-electron chi connectivity index (χ0n) is 21.2. The van der Waals surface area contributed by atoms with Gasteiger partial charge in [0.05, 0.1) is 35.4 Å². The van der Waals surface area contributed by atoms with E-state index in [4.69, 9.17) is 26.1 Å². The molecule has 0 saturated carbocycles. The SMILES string of the molecule is CCc1nc2c(cnn2CC)c(NC2CCOCC2)c1CNC(=O)c1nc2ccc(Cl)cc2nc1OC. The van der Waals surface area contributed by atoms with Crippen LogP contribution in [0.25, 0.3) is 22.1 Å². The van der Waals surface area contributed by atoms with Gasteiger partial charge >= 0.3 is 0 Å². The Morgan fingerprint density at radius 1 is 1.19 bits per heavy atom. The first-order valence-electron chi connectivity index (χ1n) is 12.5. The molecule has 37 heavy (non-hydrogen) atoms. The minimum absolute atomic E-state index is 0.113. The topological polar surface area (TPSA) is 116 Å². The zero-order valence-corrected chi connectivity index (χ0v) is 21.9. The Morgan fingerprint density at radius 2 is 2.00 bits per heavy atom. The average Bonchev–Trinajstić information content (AvgIpc) is 3.34. The number of nitrogens with zero attached hydrogens (tertiary/aromatic N) is 5. The summed E-state index contributed by atoms with van der Waals surface area (Å²) >= 11 is 6.09. The van der Waals surface area contributed by atoms with Gasteiger partial charge in [-0.05, 0) is 44.4 Å². The first-order chi connectivity index (χ1) is 18.0. The van der Waals surface area contributed by atoms with Gasteiger partial charge in [0.15, 0.2) is 11.3 Å². The number of benzene rings is 1. The van der Waals surface area contributed by atoms with Crippen LogP contribution in [-0.2, 0) is 24.2 Å². The number of carbonyl (C=O) groups is 1. The van der Waals surface area contributed by atoms with Gasteiger partial charge in [0, 0.05) is 48.6 Å². The van der Waals surface area contributed by atoms with E-state index in [9.17, 15) is 4.79 Å². The Kier molecular flexibility index (Phi) is 7.38. The largest absolute Gasteiger partial charge is 0.479 e. The van der Waals surface area contributed by atoms with Crippen molar-refractivity contribution >= 4 is 45.3 Å². The van der Waals surface area contributed by atoms with Gasteiger partial charge in [0.2, 0.25) is 5.88 Å². The molecule has 1 fully saturated rings. The number of anilines is 1. The van der Waals surface area contributed by atoms with Crippen LogP contribution in [0.4, 0.5) is 5.69 Å². The third kappa shape index (κ3) is 5.03. The molecule has 0 unspecified atom stereocenters. The van der Waals surface area contributed by atoms with E-state index >= 15 is 0 Å². The number of rotatable bonds is 8. The van der Waals surface area contributed by atoms with Crippen LogP contribution in [0.2, 0.25) is 5.02 Å². The number of halogens is 1. The van der Waals surface area contributed by atoms with E-state index in [2.05, 4.69) is 32.6 Å². The number of pyridine rings is 1. The molecule has 1 aromatic carbocycles. The normalized spacial score (nSPS) is 14.3. The molecule has 3 aromatic heterocycles. The highest BCUT2D eigenvalue weighted by atomic mass is 35.5. The predicted molar refractivity (Wildman–Crippen MR) is 142 cm³/mol. The highest BCUT2D eigenvalue weighted by molar-refractivity contribution is 6.31. The van der Waals surface area contributed by atoms with E-state index in [1.807, 2.05) is 17.8 Å². The van der Waals surface area contributed by atoms with Gasteiger partial charge in [-0.2, -0.15) is 5.10 Å². The monoisotopic (exact) mass is 523 g/mol. The lowest BCUT2D eigenvalue weighted by atomic mass is 10.0. The van der Waals surface area contributed by atoms with Crippen molar-refractivity contribution in [3.05, 3.63) is 46.4 Å². The van der Waals surface area contributed by atoms with Crippen LogP contribution in [0.5, 0.6) is 5.88 Å². The molecule has 1 aliphatic rings. The van der Waals surface area contributed by atoms with Gasteiger partial charge in [-0.3, -0.25) is 4.79 Å². The minimum atomic E-state index is -0.385. The summed E-state index contributed by atoms with van der Waals surface area (Å²) in [6.45, 7) is 6.53. The quantitative estimate of drug-likeness (QED) is 0.354. The van der Waals surface area contributed by atoms with Crippen molar-refractivity contribution in [3.8, 4) is 5.88 Å². The zero-order chi connectivity index (χ0) is 25.9. The summed E-state index contributed by atoms with van der Waals surface area (Å²) in [5.74, 6) is -0.244. The Labute approximate surface area is 219 Å². The van der Waals surface area contributed by atoms with Crippen molar-refractivity contribution in [2.45, 2.75) is 52.2 Å². The molecule has 1 aliphatic heterocycles. The van der Waals surface area contributed by atoms with Gasteiger partial charge in [-0.25, -0.2) is 19.6 Å². The molecule has 1 amide bonds. The van der Waals surface area contributed by atoms with E-state index in [1.165, 1.54) is 7.11 Å². The maximum Gasteiger partial charge on any atom is 0.275 e. The first-order valence-corrected chi connectivity index (χ1v) is 12.9. The molecule has 4 heterocycles. The lowest BCUT2D eigenvalue weighted by Gasteiger charge is -2.26. The predicted octanol–water partition coefficient (Wildman–Crippen LogP) is 4.14. The molecule has 4 aromatic rings. The van der Waals surface area contributed by atoms with Crippen LogP contribution in [0.3, 0.4) is 0 Å². The molecule has 10 nitrogen and oxygen atoms in total. The fraction of sp³-hybridized carbons (Fsp3) is 0.423. The van der Waals surface area contributed by atoms with Crippen molar-refractivity contribution in [2.75, 3.05) is 25.6 Å². The number of amides is 1. The molecule has 11 heteroatoms. The number of nitrogens with one attached hydrogen (secondary N) is 2. The van der Waals surface area contributed by atoms with Crippen molar-refractivity contribution in [1.29, 1.82) is 0 Å². The van der Waals surface area contributed by atoms with E-state index in [0.29, 0.717) is 22.5 Å². The van der Waals surface area contributed by atoms with Crippen LogP contribution in [0.1, 0.15) is 48.4 Å². The summed E-state index contributed by atoms with van der Waals surface area (Å²) in [7, 11) is 1.46. The Balaban J connectivity index is 1.50. The smallest absolute Gasteiger partial charge is 0.275 e. The van der Waals surface area contributed by atoms with Crippen molar-refractivity contribution in [2.24, 2.45) is 0 Å². The van der Waals surface area contributed by atoms with E-state index in [-0.39, 0.29) is 30.1 Å². The summed E-state index contributed by atoms with van der Waals surface area (Å²) in [6, 6.07) is 5.40. The summed E-state index contributed by atoms with van der Waals surface area (Å²) in [4.78, 5) is 27.2. The van der Waals surface area contributed by atoms with Gasteiger partial charge in [-0.1, -0.05) is 18.5 Å². The Morgan fingerprint density at radius 3 is 2.73 bits per heavy atom. The number of aromatic nitrogens is 5. The number of methoxy groups -OCH3 is 1. The molecule has 0 radical (unpaired) electrons. The molecule has 0 bridgehead atoms. The number of ether oxygens (including phenoxy) is 2. The highest BCUT2D eigenvalue weighted by Gasteiger charge is 2.23. The Hall–Kier alpha value is -3.50. The second-order valence-corrected chi connectivity index (χ2v) is 9.33. The van der Waals surface area contributed by atoms with Gasteiger partial charge < -0.3 is 20.1 Å². The molecule has 0 spiro atoms.